The molecule has 0 spiro atoms. The lowest BCUT2D eigenvalue weighted by molar-refractivity contribution is -0.120. The van der Waals surface area contributed by atoms with Crippen molar-refractivity contribution in [1.29, 1.82) is 0 Å². The third-order valence-electron chi connectivity index (χ3n) is 3.60. The Labute approximate surface area is 154 Å². The lowest BCUT2D eigenvalue weighted by Gasteiger charge is -2.04. The van der Waals surface area contributed by atoms with Crippen LogP contribution in [0.5, 0.6) is 0 Å². The van der Waals surface area contributed by atoms with Crippen molar-refractivity contribution in [3.8, 4) is 0 Å². The van der Waals surface area contributed by atoms with E-state index in [0.29, 0.717) is 22.8 Å². The van der Waals surface area contributed by atoms with Crippen molar-refractivity contribution in [2.24, 2.45) is 5.92 Å². The van der Waals surface area contributed by atoms with Gasteiger partial charge in [0.05, 0.1) is 11.1 Å². The van der Waals surface area contributed by atoms with E-state index in [9.17, 15) is 14.4 Å². The zero-order chi connectivity index (χ0) is 19.9. The molecule has 140 valence electrons. The topological polar surface area (TPSA) is 91.7 Å². The number of aromatic carboxylic acids is 2. The molecule has 2 N–H and O–H groups in total. The van der Waals surface area contributed by atoms with Gasteiger partial charge in [-0.2, -0.15) is 0 Å². The van der Waals surface area contributed by atoms with Crippen LogP contribution in [0.4, 0.5) is 0 Å². The maximum atomic E-state index is 10.6. The van der Waals surface area contributed by atoms with Gasteiger partial charge in [0.2, 0.25) is 0 Å². The molecule has 0 aromatic heterocycles. The van der Waals surface area contributed by atoms with Crippen molar-refractivity contribution >= 4 is 17.7 Å². The summed E-state index contributed by atoms with van der Waals surface area (Å²) in [5.74, 6) is -1.11. The van der Waals surface area contributed by atoms with Crippen LogP contribution in [0.25, 0.3) is 0 Å². The van der Waals surface area contributed by atoms with Crippen LogP contribution in [0.1, 0.15) is 54.3 Å². The predicted octanol–water partition coefficient (Wildman–Crippen LogP) is 4.78. The summed E-state index contributed by atoms with van der Waals surface area (Å²) in [5, 5.41) is 16.8. The van der Waals surface area contributed by atoms with E-state index in [1.807, 2.05) is 0 Å². The van der Waals surface area contributed by atoms with Gasteiger partial charge in [0.25, 0.3) is 0 Å². The number of carboxylic acid groups (broad SMARTS) is 2. The smallest absolute Gasteiger partial charge is 0.335 e. The summed E-state index contributed by atoms with van der Waals surface area (Å²) >= 11 is 0. The van der Waals surface area contributed by atoms with Crippen molar-refractivity contribution in [3.63, 3.8) is 0 Å². The van der Waals surface area contributed by atoms with E-state index in [1.165, 1.54) is 0 Å². The van der Waals surface area contributed by atoms with Crippen molar-refractivity contribution in [1.82, 2.24) is 0 Å². The average Bonchev–Trinajstić information content (AvgIpc) is 2.65. The Bertz CT molecular complexity index is 612. The van der Waals surface area contributed by atoms with Crippen LogP contribution in [-0.4, -0.2) is 27.9 Å². The second kappa shape index (κ2) is 13.4. The molecule has 2 aromatic carbocycles. The molecule has 0 fully saturated rings. The first kappa shape index (κ1) is 23.1. The Morgan fingerprint density at radius 3 is 1.15 bits per heavy atom. The van der Waals surface area contributed by atoms with Gasteiger partial charge in [0.15, 0.2) is 0 Å². The fourth-order valence-electron chi connectivity index (χ4n) is 2.03. The molecule has 2 rings (SSSR count). The first-order valence-corrected chi connectivity index (χ1v) is 8.40. The zero-order valence-corrected chi connectivity index (χ0v) is 15.4. The number of ketones is 1. The number of carbonyl (C=O) groups is 3. The summed E-state index contributed by atoms with van der Waals surface area (Å²) in [7, 11) is 0. The van der Waals surface area contributed by atoms with Gasteiger partial charge >= 0.3 is 11.9 Å². The van der Waals surface area contributed by atoms with Crippen molar-refractivity contribution in [2.45, 2.75) is 33.6 Å². The molecule has 0 amide bonds. The number of benzene rings is 2. The molecular formula is C21H26O5. The summed E-state index contributed by atoms with van der Waals surface area (Å²) in [4.78, 5) is 31.0. The minimum Gasteiger partial charge on any atom is -0.478 e. The van der Waals surface area contributed by atoms with Crippen LogP contribution in [0, 0.1) is 5.92 Å². The van der Waals surface area contributed by atoms with Gasteiger partial charge in [-0.3, -0.25) is 4.79 Å². The summed E-state index contributed by atoms with van der Waals surface area (Å²) in [6.07, 6.45) is 1.98. The van der Waals surface area contributed by atoms with Gasteiger partial charge in [-0.05, 0) is 44.0 Å². The normalized spacial score (nSPS) is 9.23. The monoisotopic (exact) mass is 358 g/mol. The Kier molecular flexibility index (Phi) is 11.8. The van der Waals surface area contributed by atoms with E-state index < -0.39 is 11.9 Å². The average molecular weight is 358 g/mol. The van der Waals surface area contributed by atoms with E-state index >= 15 is 0 Å². The van der Waals surface area contributed by atoms with E-state index in [1.54, 1.807) is 67.6 Å². The molecule has 0 aliphatic carbocycles. The molecule has 0 atom stereocenters. The number of hydrogen-bond acceptors (Lipinski definition) is 3. The molecule has 5 heteroatoms. The Morgan fingerprint density at radius 2 is 1.04 bits per heavy atom. The summed E-state index contributed by atoms with van der Waals surface area (Å²) < 4.78 is 0. The number of hydrogen-bond donors (Lipinski definition) is 2. The van der Waals surface area contributed by atoms with Gasteiger partial charge in [0.1, 0.15) is 5.78 Å². The largest absolute Gasteiger partial charge is 0.478 e. The molecule has 0 saturated carbocycles. The Balaban J connectivity index is 0.000000362. The highest BCUT2D eigenvalue weighted by atomic mass is 16.4. The summed E-state index contributed by atoms with van der Waals surface area (Å²) in [6, 6.07) is 16.6. The zero-order valence-electron chi connectivity index (χ0n) is 15.4. The van der Waals surface area contributed by atoms with Crippen LogP contribution in [-0.2, 0) is 4.79 Å². The second-order valence-electron chi connectivity index (χ2n) is 5.47. The number of Topliss-reactive ketones (excluding diaryl/α,β-unsaturated/α-hetero) is 1. The third-order valence-corrected chi connectivity index (χ3v) is 3.60. The molecule has 5 nitrogen and oxygen atoms in total. The van der Waals surface area contributed by atoms with Crippen LogP contribution >= 0.6 is 0 Å². The minimum atomic E-state index is -0.879. The van der Waals surface area contributed by atoms with Gasteiger partial charge in [0, 0.05) is 5.92 Å². The standard InChI is InChI=1S/2C7H6O2.C7H14O/c2*8-7(9)6-4-2-1-3-5-6;1-4-7(5-2)6(3)8/h2*1-5H,(H,8,9);7H,4-5H2,1-3H3. The van der Waals surface area contributed by atoms with Gasteiger partial charge in [-0.1, -0.05) is 50.2 Å². The van der Waals surface area contributed by atoms with Crippen LogP contribution in [0.3, 0.4) is 0 Å². The van der Waals surface area contributed by atoms with Crippen LogP contribution in [0.2, 0.25) is 0 Å². The Morgan fingerprint density at radius 1 is 0.731 bits per heavy atom. The van der Waals surface area contributed by atoms with E-state index in [-0.39, 0.29) is 0 Å². The molecule has 26 heavy (non-hydrogen) atoms. The first-order chi connectivity index (χ1) is 12.3. The first-order valence-electron chi connectivity index (χ1n) is 8.40. The van der Waals surface area contributed by atoms with Gasteiger partial charge in [-0.15, -0.1) is 0 Å². The summed E-state index contributed by atoms with van der Waals surface area (Å²) in [6.45, 7) is 5.77. The highest BCUT2D eigenvalue weighted by Gasteiger charge is 2.06. The second-order valence-corrected chi connectivity index (χ2v) is 5.47. The number of carbonyl (C=O) groups excluding carboxylic acids is 1. The maximum Gasteiger partial charge on any atom is 0.335 e. The molecular weight excluding hydrogens is 332 g/mol. The quantitative estimate of drug-likeness (QED) is 0.802. The van der Waals surface area contributed by atoms with Crippen molar-refractivity contribution in [2.75, 3.05) is 0 Å². The molecule has 0 unspecified atom stereocenters. The molecule has 0 radical (unpaired) electrons. The van der Waals surface area contributed by atoms with E-state index in [2.05, 4.69) is 13.8 Å². The fraction of sp³-hybridized carbons (Fsp3) is 0.286. The fourth-order valence-corrected chi connectivity index (χ4v) is 2.03. The van der Waals surface area contributed by atoms with Gasteiger partial charge < -0.3 is 10.2 Å². The molecule has 0 saturated heterocycles. The lowest BCUT2D eigenvalue weighted by atomic mass is 10.00. The molecule has 0 aliphatic heterocycles. The SMILES string of the molecule is CCC(CC)C(C)=O.O=C(O)c1ccccc1.O=C(O)c1ccccc1. The molecule has 0 bridgehead atoms. The van der Waals surface area contributed by atoms with Crippen LogP contribution in [0.15, 0.2) is 60.7 Å². The number of rotatable bonds is 5. The highest BCUT2D eigenvalue weighted by molar-refractivity contribution is 5.87. The Hall–Kier alpha value is -2.95. The van der Waals surface area contributed by atoms with E-state index in [0.717, 1.165) is 12.8 Å². The predicted molar refractivity (Wildman–Crippen MR) is 102 cm³/mol. The third kappa shape index (κ3) is 10.0. The van der Waals surface area contributed by atoms with Crippen LogP contribution < -0.4 is 0 Å². The lowest BCUT2D eigenvalue weighted by Crippen LogP contribution is -2.07. The van der Waals surface area contributed by atoms with Crippen molar-refractivity contribution < 1.29 is 24.6 Å². The molecule has 0 aliphatic rings. The molecule has 2 aromatic rings. The molecule has 0 heterocycles. The highest BCUT2D eigenvalue weighted by Crippen LogP contribution is 2.07. The number of carboxylic acids is 2. The van der Waals surface area contributed by atoms with E-state index in [4.69, 9.17) is 10.2 Å². The minimum absolute atomic E-state index is 0.315. The maximum absolute atomic E-state index is 10.6. The summed E-state index contributed by atoms with van der Waals surface area (Å²) in [5.41, 5.74) is 0.662. The van der Waals surface area contributed by atoms with Crippen molar-refractivity contribution in [3.05, 3.63) is 71.8 Å². The van der Waals surface area contributed by atoms with Gasteiger partial charge in [-0.25, -0.2) is 9.59 Å².